The molecule has 2 aromatic carbocycles. The molecule has 1 fully saturated rings. The summed E-state index contributed by atoms with van der Waals surface area (Å²) in [5.74, 6) is 1.79. The van der Waals surface area contributed by atoms with E-state index < -0.39 is 5.60 Å². The molecule has 33 heavy (non-hydrogen) atoms. The zero-order chi connectivity index (χ0) is 23.4. The monoisotopic (exact) mass is 450 g/mol. The van der Waals surface area contributed by atoms with Crippen LogP contribution in [-0.2, 0) is 11.3 Å². The van der Waals surface area contributed by atoms with Crippen molar-refractivity contribution in [3.05, 3.63) is 54.1 Å². The molecule has 4 rings (SSSR count). The first kappa shape index (κ1) is 23.0. The summed E-state index contributed by atoms with van der Waals surface area (Å²) in [6.45, 7) is 7.78. The molecule has 0 saturated carbocycles. The summed E-state index contributed by atoms with van der Waals surface area (Å²) in [4.78, 5) is 19.6. The Balaban J connectivity index is 1.60. The van der Waals surface area contributed by atoms with Gasteiger partial charge in [-0.25, -0.2) is 9.78 Å². The van der Waals surface area contributed by atoms with E-state index in [1.807, 2.05) is 39.0 Å². The Hall–Kier alpha value is -3.22. The van der Waals surface area contributed by atoms with Gasteiger partial charge in [-0.05, 0) is 69.9 Å². The molecule has 7 heteroatoms. The van der Waals surface area contributed by atoms with Gasteiger partial charge in [0, 0.05) is 19.1 Å². The number of ether oxygens (including phenoxy) is 2. The average Bonchev–Trinajstić information content (AvgIpc) is 3.15. The highest BCUT2D eigenvalue weighted by atomic mass is 16.6. The van der Waals surface area contributed by atoms with Gasteiger partial charge in [-0.15, -0.1) is 0 Å². The second kappa shape index (κ2) is 9.73. The van der Waals surface area contributed by atoms with Gasteiger partial charge < -0.3 is 24.3 Å². The van der Waals surface area contributed by atoms with Crippen LogP contribution < -0.4 is 15.0 Å². The fourth-order valence-electron chi connectivity index (χ4n) is 4.34. The van der Waals surface area contributed by atoms with Gasteiger partial charge >= 0.3 is 6.09 Å². The Bertz CT molecular complexity index is 1090. The van der Waals surface area contributed by atoms with Gasteiger partial charge in [-0.2, -0.15) is 0 Å². The van der Waals surface area contributed by atoms with E-state index in [0.29, 0.717) is 13.1 Å². The second-order valence-corrected chi connectivity index (χ2v) is 9.56. The van der Waals surface area contributed by atoms with Gasteiger partial charge in [0.25, 0.3) is 0 Å². The molecule has 0 bridgehead atoms. The zero-order valence-corrected chi connectivity index (χ0v) is 20.0. The Morgan fingerprint density at radius 2 is 1.88 bits per heavy atom. The maximum absolute atomic E-state index is 12.3. The molecule has 0 aliphatic carbocycles. The number of anilines is 1. The Morgan fingerprint density at radius 3 is 2.61 bits per heavy atom. The van der Waals surface area contributed by atoms with Crippen molar-refractivity contribution in [2.45, 2.75) is 58.2 Å². The number of piperidine rings is 1. The smallest absolute Gasteiger partial charge is 0.407 e. The average molecular weight is 451 g/mol. The first-order valence-corrected chi connectivity index (χ1v) is 11.7. The van der Waals surface area contributed by atoms with E-state index in [-0.39, 0.29) is 12.1 Å². The minimum atomic E-state index is -0.511. The molecule has 1 N–H and O–H groups in total. The van der Waals surface area contributed by atoms with E-state index >= 15 is 0 Å². The van der Waals surface area contributed by atoms with Crippen molar-refractivity contribution in [1.82, 2.24) is 14.9 Å². The number of carbonyl (C=O) groups is 1. The molecular weight excluding hydrogens is 416 g/mol. The van der Waals surface area contributed by atoms with Crippen molar-refractivity contribution in [2.24, 2.45) is 0 Å². The number of rotatable bonds is 6. The molecule has 0 spiro atoms. The minimum absolute atomic E-state index is 0.165. The number of para-hydroxylation sites is 2. The summed E-state index contributed by atoms with van der Waals surface area (Å²) < 4.78 is 13.0. The van der Waals surface area contributed by atoms with Crippen LogP contribution in [0.2, 0.25) is 0 Å². The van der Waals surface area contributed by atoms with E-state index in [0.717, 1.165) is 48.5 Å². The van der Waals surface area contributed by atoms with E-state index in [9.17, 15) is 4.79 Å². The zero-order valence-electron chi connectivity index (χ0n) is 20.0. The van der Waals surface area contributed by atoms with Crippen molar-refractivity contribution in [2.75, 3.05) is 25.1 Å². The van der Waals surface area contributed by atoms with Crippen LogP contribution in [0.3, 0.4) is 0 Å². The van der Waals surface area contributed by atoms with E-state index in [2.05, 4.69) is 45.1 Å². The van der Waals surface area contributed by atoms with Gasteiger partial charge in [0.1, 0.15) is 11.4 Å². The predicted octanol–water partition coefficient (Wildman–Crippen LogP) is 4.98. The highest BCUT2D eigenvalue weighted by molar-refractivity contribution is 5.79. The summed E-state index contributed by atoms with van der Waals surface area (Å²) in [6, 6.07) is 16.6. The number of fused-ring (bicyclic) bond motifs is 1. The topological polar surface area (TPSA) is 68.6 Å². The van der Waals surface area contributed by atoms with Crippen molar-refractivity contribution in [3.63, 3.8) is 0 Å². The second-order valence-electron chi connectivity index (χ2n) is 9.56. The summed E-state index contributed by atoms with van der Waals surface area (Å²) in [5, 5.41) is 2.97. The quantitative estimate of drug-likeness (QED) is 0.574. The minimum Gasteiger partial charge on any atom is -0.497 e. The van der Waals surface area contributed by atoms with Gasteiger partial charge in [-0.3, -0.25) is 0 Å². The van der Waals surface area contributed by atoms with Crippen molar-refractivity contribution in [3.8, 4) is 5.75 Å². The first-order valence-electron chi connectivity index (χ1n) is 11.7. The van der Waals surface area contributed by atoms with E-state index in [1.54, 1.807) is 7.11 Å². The number of hydrogen-bond acceptors (Lipinski definition) is 5. The van der Waals surface area contributed by atoms with Crippen molar-refractivity contribution < 1.29 is 14.3 Å². The summed E-state index contributed by atoms with van der Waals surface area (Å²) in [7, 11) is 1.68. The van der Waals surface area contributed by atoms with Crippen LogP contribution >= 0.6 is 0 Å². The number of nitrogens with one attached hydrogen (secondary N) is 1. The molecule has 2 heterocycles. The molecule has 1 aliphatic heterocycles. The fourth-order valence-corrected chi connectivity index (χ4v) is 4.34. The number of hydrogen-bond donors (Lipinski definition) is 1. The molecule has 1 saturated heterocycles. The molecule has 1 aromatic heterocycles. The lowest BCUT2D eigenvalue weighted by Gasteiger charge is -2.37. The van der Waals surface area contributed by atoms with Gasteiger partial charge in [0.05, 0.1) is 24.7 Å². The van der Waals surface area contributed by atoms with Crippen molar-refractivity contribution >= 4 is 23.1 Å². The number of imidazole rings is 1. The number of amides is 1. The largest absolute Gasteiger partial charge is 0.497 e. The number of nitrogens with zero attached hydrogens (tertiary/aromatic N) is 3. The Kier molecular flexibility index (Phi) is 6.77. The third-order valence-corrected chi connectivity index (χ3v) is 5.90. The fraction of sp³-hybridized carbons (Fsp3) is 0.462. The molecule has 3 aromatic rings. The van der Waals surface area contributed by atoms with Crippen LogP contribution in [0.5, 0.6) is 5.75 Å². The molecule has 1 unspecified atom stereocenters. The van der Waals surface area contributed by atoms with Crippen LogP contribution in [0.15, 0.2) is 48.5 Å². The molecule has 0 radical (unpaired) electrons. The normalized spacial score (nSPS) is 16.6. The van der Waals surface area contributed by atoms with Crippen LogP contribution in [0.1, 0.15) is 45.6 Å². The summed E-state index contributed by atoms with van der Waals surface area (Å²) in [5.41, 5.74) is 2.75. The Morgan fingerprint density at radius 1 is 1.12 bits per heavy atom. The third kappa shape index (κ3) is 5.59. The first-order chi connectivity index (χ1) is 15.8. The number of methoxy groups -OCH3 is 1. The summed E-state index contributed by atoms with van der Waals surface area (Å²) in [6.07, 6.45) is 2.87. The maximum Gasteiger partial charge on any atom is 0.407 e. The van der Waals surface area contributed by atoms with Crippen LogP contribution in [0.4, 0.5) is 10.7 Å². The highest BCUT2D eigenvalue weighted by Crippen LogP contribution is 2.29. The van der Waals surface area contributed by atoms with Gasteiger partial charge in [0.2, 0.25) is 5.95 Å². The van der Waals surface area contributed by atoms with Crippen molar-refractivity contribution in [1.29, 1.82) is 0 Å². The maximum atomic E-state index is 12.3. The van der Waals surface area contributed by atoms with Gasteiger partial charge in [-0.1, -0.05) is 24.3 Å². The number of benzene rings is 2. The number of aromatic nitrogens is 2. The van der Waals surface area contributed by atoms with Crippen LogP contribution in [-0.4, -0.2) is 47.5 Å². The molecule has 7 nitrogen and oxygen atoms in total. The number of alkyl carbamates (subject to hydrolysis) is 1. The molecule has 1 atom stereocenters. The SMILES string of the molecule is COc1ccc(Cn2c(N3CCCCC3CNC(=O)OC(C)(C)C)nc3ccccc32)cc1. The number of carbonyl (C=O) groups excluding carboxylic acids is 1. The van der Waals surface area contributed by atoms with E-state index in [1.165, 1.54) is 5.56 Å². The lowest BCUT2D eigenvalue weighted by molar-refractivity contribution is 0.0522. The van der Waals surface area contributed by atoms with Crippen LogP contribution in [0.25, 0.3) is 11.0 Å². The molecule has 176 valence electrons. The predicted molar refractivity (Wildman–Crippen MR) is 131 cm³/mol. The molecular formula is C26H34N4O3. The highest BCUT2D eigenvalue weighted by Gasteiger charge is 2.28. The van der Waals surface area contributed by atoms with E-state index in [4.69, 9.17) is 14.5 Å². The molecule has 1 aliphatic rings. The standard InChI is InChI=1S/C26H34N4O3/c1-26(2,3)33-25(31)27-17-20-9-7-8-16-29(20)24-28-22-10-5-6-11-23(22)30(24)18-19-12-14-21(32-4)15-13-19/h5-6,10-15,20H,7-9,16-18H2,1-4H3,(H,27,31). The Labute approximate surface area is 195 Å². The molecule has 1 amide bonds. The third-order valence-electron chi connectivity index (χ3n) is 5.90. The lowest BCUT2D eigenvalue weighted by Crippen LogP contribution is -2.48. The summed E-state index contributed by atoms with van der Waals surface area (Å²) >= 11 is 0. The lowest BCUT2D eigenvalue weighted by atomic mass is 10.0. The van der Waals surface area contributed by atoms with Gasteiger partial charge in [0.15, 0.2) is 0 Å². The van der Waals surface area contributed by atoms with Crippen LogP contribution in [0, 0.1) is 0 Å².